The molecule has 142 valence electrons. The number of aryl methyl sites for hydroxylation is 1. The molecule has 1 aliphatic heterocycles. The van der Waals surface area contributed by atoms with Gasteiger partial charge in [0.2, 0.25) is 5.91 Å². The second-order valence-electron chi connectivity index (χ2n) is 7.03. The molecule has 0 radical (unpaired) electrons. The van der Waals surface area contributed by atoms with Crippen LogP contribution in [-0.2, 0) is 18.3 Å². The number of hydrogen-bond acceptors (Lipinski definition) is 4. The van der Waals surface area contributed by atoms with E-state index in [4.69, 9.17) is 0 Å². The van der Waals surface area contributed by atoms with Crippen LogP contribution in [0.2, 0.25) is 0 Å². The molecule has 0 bridgehead atoms. The summed E-state index contributed by atoms with van der Waals surface area (Å²) in [4.78, 5) is 28.0. The average Bonchev–Trinajstić information content (AvgIpc) is 3.40. The highest BCUT2D eigenvalue weighted by molar-refractivity contribution is 7.10. The van der Waals surface area contributed by atoms with Gasteiger partial charge in [-0.1, -0.05) is 6.07 Å². The molecule has 0 aromatic carbocycles. The number of hydrogen-bond donors (Lipinski definition) is 1. The highest BCUT2D eigenvalue weighted by Crippen LogP contribution is 2.19. The van der Waals surface area contributed by atoms with Crippen LogP contribution in [0.3, 0.4) is 0 Å². The van der Waals surface area contributed by atoms with Crippen molar-refractivity contribution in [3.63, 3.8) is 0 Å². The number of amides is 2. The summed E-state index contributed by atoms with van der Waals surface area (Å²) in [5.74, 6) is 0.508. The summed E-state index contributed by atoms with van der Waals surface area (Å²) in [6.45, 7) is 2.16. The molecule has 4 rings (SSSR count). The molecule has 2 amide bonds. The first-order valence-corrected chi connectivity index (χ1v) is 10.1. The number of nitrogens with one attached hydrogen (secondary N) is 1. The minimum Gasteiger partial charge on any atom is -0.352 e. The Hall–Kier alpha value is -2.61. The van der Waals surface area contributed by atoms with Crippen LogP contribution in [0.5, 0.6) is 0 Å². The van der Waals surface area contributed by atoms with E-state index in [-0.39, 0.29) is 11.8 Å². The number of carbonyl (C=O) groups is 2. The Morgan fingerprint density at radius 1 is 1.30 bits per heavy atom. The van der Waals surface area contributed by atoms with E-state index < -0.39 is 0 Å². The zero-order valence-corrected chi connectivity index (χ0v) is 16.1. The van der Waals surface area contributed by atoms with Gasteiger partial charge in [-0.25, -0.2) is 4.52 Å². The first-order chi connectivity index (χ1) is 13.1. The van der Waals surface area contributed by atoms with Gasteiger partial charge >= 0.3 is 0 Å². The van der Waals surface area contributed by atoms with E-state index in [1.807, 2.05) is 46.4 Å². The molecule has 3 aromatic rings. The standard InChI is InChI=1S/C19H23N5O2S/c1-22-8-9-24-19(22)16(13-21-24)18(26)20-12-14-4-6-23(7-5-14)17(25)11-15-3-2-10-27-15/h2-3,8-10,13-14H,4-7,11-12H2,1H3,(H,20,26). The van der Waals surface area contributed by atoms with Gasteiger partial charge in [0.1, 0.15) is 11.2 Å². The van der Waals surface area contributed by atoms with E-state index in [1.54, 1.807) is 22.0 Å². The number of fused-ring (bicyclic) bond motifs is 1. The lowest BCUT2D eigenvalue weighted by Crippen LogP contribution is -2.42. The quantitative estimate of drug-likeness (QED) is 0.730. The molecule has 4 heterocycles. The Morgan fingerprint density at radius 3 is 2.85 bits per heavy atom. The summed E-state index contributed by atoms with van der Waals surface area (Å²) in [6, 6.07) is 3.98. The highest BCUT2D eigenvalue weighted by Gasteiger charge is 2.24. The third kappa shape index (κ3) is 3.75. The summed E-state index contributed by atoms with van der Waals surface area (Å²) in [6.07, 6.45) is 7.65. The molecule has 0 spiro atoms. The van der Waals surface area contributed by atoms with Gasteiger partial charge in [-0.05, 0) is 30.2 Å². The average molecular weight is 385 g/mol. The molecule has 1 N–H and O–H groups in total. The largest absolute Gasteiger partial charge is 0.352 e. The molecular weight excluding hydrogens is 362 g/mol. The molecule has 27 heavy (non-hydrogen) atoms. The highest BCUT2D eigenvalue weighted by atomic mass is 32.1. The molecule has 8 heteroatoms. The Morgan fingerprint density at radius 2 is 2.11 bits per heavy atom. The number of imidazole rings is 1. The van der Waals surface area contributed by atoms with Gasteiger partial charge in [-0.15, -0.1) is 11.3 Å². The van der Waals surface area contributed by atoms with Crippen LogP contribution < -0.4 is 5.32 Å². The Bertz CT molecular complexity index is 935. The number of piperidine rings is 1. The number of carbonyl (C=O) groups excluding carboxylic acids is 2. The van der Waals surface area contributed by atoms with Gasteiger partial charge in [-0.2, -0.15) is 5.10 Å². The van der Waals surface area contributed by atoms with E-state index in [9.17, 15) is 9.59 Å². The Labute approximate surface area is 161 Å². The molecule has 7 nitrogen and oxygen atoms in total. The molecule has 0 saturated carbocycles. The van der Waals surface area contributed by atoms with Crippen LogP contribution >= 0.6 is 11.3 Å². The number of aromatic nitrogens is 3. The number of nitrogens with zero attached hydrogens (tertiary/aromatic N) is 4. The maximum atomic E-state index is 12.5. The van der Waals surface area contributed by atoms with Gasteiger partial charge in [0.15, 0.2) is 0 Å². The van der Waals surface area contributed by atoms with Crippen LogP contribution in [0.1, 0.15) is 28.1 Å². The summed E-state index contributed by atoms with van der Waals surface area (Å²) >= 11 is 1.62. The van der Waals surface area contributed by atoms with Crippen LogP contribution in [-0.4, -0.2) is 50.5 Å². The number of rotatable bonds is 5. The lowest BCUT2D eigenvalue weighted by molar-refractivity contribution is -0.131. The van der Waals surface area contributed by atoms with Crippen molar-refractivity contribution in [3.8, 4) is 0 Å². The topological polar surface area (TPSA) is 71.6 Å². The predicted molar refractivity (Wildman–Crippen MR) is 104 cm³/mol. The molecule has 1 fully saturated rings. The van der Waals surface area contributed by atoms with Gasteiger partial charge in [0, 0.05) is 44.0 Å². The molecule has 0 atom stereocenters. The lowest BCUT2D eigenvalue weighted by Gasteiger charge is -2.32. The third-order valence-corrected chi connectivity index (χ3v) is 6.08. The Kier molecular flexibility index (Phi) is 4.98. The predicted octanol–water partition coefficient (Wildman–Crippen LogP) is 1.95. The van der Waals surface area contributed by atoms with Crippen LogP contribution in [0.25, 0.3) is 5.65 Å². The van der Waals surface area contributed by atoms with Crippen molar-refractivity contribution in [3.05, 3.63) is 46.5 Å². The molecule has 0 aliphatic carbocycles. The van der Waals surface area contributed by atoms with Crippen molar-refractivity contribution in [1.29, 1.82) is 0 Å². The minimum absolute atomic E-state index is 0.0944. The minimum atomic E-state index is -0.0944. The van der Waals surface area contributed by atoms with E-state index in [1.165, 1.54) is 0 Å². The second-order valence-corrected chi connectivity index (χ2v) is 8.06. The number of thiophene rings is 1. The number of likely N-dealkylation sites (tertiary alicyclic amines) is 1. The van der Waals surface area contributed by atoms with Crippen molar-refractivity contribution >= 4 is 28.8 Å². The summed E-state index contributed by atoms with van der Waals surface area (Å²) in [5, 5.41) is 9.25. The van der Waals surface area contributed by atoms with Crippen molar-refractivity contribution in [2.24, 2.45) is 13.0 Å². The summed E-state index contributed by atoms with van der Waals surface area (Å²) in [5.41, 5.74) is 1.38. The molecule has 3 aromatic heterocycles. The normalized spacial score (nSPS) is 15.4. The Balaban J connectivity index is 1.26. The monoisotopic (exact) mass is 385 g/mol. The van der Waals surface area contributed by atoms with Crippen LogP contribution in [0.4, 0.5) is 0 Å². The molecular formula is C19H23N5O2S. The van der Waals surface area contributed by atoms with Crippen molar-refractivity contribution in [2.75, 3.05) is 19.6 Å². The molecule has 1 aliphatic rings. The van der Waals surface area contributed by atoms with Crippen molar-refractivity contribution in [2.45, 2.75) is 19.3 Å². The van der Waals surface area contributed by atoms with Crippen molar-refractivity contribution in [1.82, 2.24) is 24.4 Å². The van der Waals surface area contributed by atoms with Gasteiger partial charge in [0.25, 0.3) is 5.91 Å². The van der Waals surface area contributed by atoms with Crippen LogP contribution in [0, 0.1) is 5.92 Å². The first kappa shape index (κ1) is 17.8. The van der Waals surface area contributed by atoms with Gasteiger partial charge in [-0.3, -0.25) is 9.59 Å². The molecule has 0 unspecified atom stereocenters. The second kappa shape index (κ2) is 7.56. The zero-order valence-electron chi connectivity index (χ0n) is 15.3. The lowest BCUT2D eigenvalue weighted by atomic mass is 9.96. The molecule has 1 saturated heterocycles. The van der Waals surface area contributed by atoms with E-state index in [2.05, 4.69) is 10.4 Å². The smallest absolute Gasteiger partial charge is 0.256 e. The zero-order chi connectivity index (χ0) is 18.8. The maximum Gasteiger partial charge on any atom is 0.256 e. The maximum absolute atomic E-state index is 12.5. The van der Waals surface area contributed by atoms with Gasteiger partial charge in [0.05, 0.1) is 12.6 Å². The fourth-order valence-electron chi connectivity index (χ4n) is 3.60. The van der Waals surface area contributed by atoms with Crippen LogP contribution in [0.15, 0.2) is 36.1 Å². The van der Waals surface area contributed by atoms with E-state index in [0.29, 0.717) is 24.4 Å². The summed E-state index contributed by atoms with van der Waals surface area (Å²) in [7, 11) is 1.90. The SMILES string of the molecule is Cn1ccn2ncc(C(=O)NCC3CCN(C(=O)Cc4cccs4)CC3)c12. The fraction of sp³-hybridized carbons (Fsp3) is 0.421. The third-order valence-electron chi connectivity index (χ3n) is 5.20. The van der Waals surface area contributed by atoms with Gasteiger partial charge < -0.3 is 14.8 Å². The van der Waals surface area contributed by atoms with E-state index >= 15 is 0 Å². The summed E-state index contributed by atoms with van der Waals surface area (Å²) < 4.78 is 3.59. The fourth-order valence-corrected chi connectivity index (χ4v) is 4.30. The van der Waals surface area contributed by atoms with Crippen molar-refractivity contribution < 1.29 is 9.59 Å². The van der Waals surface area contributed by atoms with E-state index in [0.717, 1.165) is 36.5 Å². The first-order valence-electron chi connectivity index (χ1n) is 9.19.